The van der Waals surface area contributed by atoms with Crippen molar-refractivity contribution >= 4 is 16.8 Å². The van der Waals surface area contributed by atoms with Crippen molar-refractivity contribution in [3.8, 4) is 0 Å². The number of aromatic amines is 1. The number of fused-ring (bicyclic) bond motifs is 1. The molecule has 0 saturated carbocycles. The molecular weight excluding hydrogens is 302 g/mol. The van der Waals surface area contributed by atoms with Crippen LogP contribution in [0.5, 0.6) is 0 Å². The fourth-order valence-electron chi connectivity index (χ4n) is 3.19. The molecule has 1 aromatic carbocycles. The third-order valence-electron chi connectivity index (χ3n) is 4.76. The van der Waals surface area contributed by atoms with Gasteiger partial charge < -0.3 is 14.4 Å². The number of rotatable bonds is 4. The van der Waals surface area contributed by atoms with E-state index in [1.807, 2.05) is 20.9 Å². The van der Waals surface area contributed by atoms with Gasteiger partial charge in [-0.15, -0.1) is 0 Å². The Morgan fingerprint density at radius 1 is 1.33 bits per heavy atom. The second-order valence-corrected chi connectivity index (χ2v) is 6.51. The minimum absolute atomic E-state index is 0.0636. The zero-order valence-electron chi connectivity index (χ0n) is 14.8. The van der Waals surface area contributed by atoms with E-state index in [-0.39, 0.29) is 11.9 Å². The largest absolute Gasteiger partial charge is 0.364 e. The zero-order valence-corrected chi connectivity index (χ0v) is 14.8. The Hall–Kier alpha value is -2.56. The molecule has 3 rings (SSSR count). The number of nitrogens with one attached hydrogen (secondary N) is 1. The molecule has 3 aromatic rings. The van der Waals surface area contributed by atoms with E-state index < -0.39 is 0 Å². The molecule has 0 fully saturated rings. The van der Waals surface area contributed by atoms with Crippen LogP contribution in [0.4, 0.5) is 0 Å². The van der Waals surface area contributed by atoms with E-state index in [2.05, 4.69) is 36.1 Å². The SMILES string of the molecule is Cc1cc(C)c2[nH]c(C)c(CC(=O)N(C)C(C)c3ccon3)c2c1. The average molecular weight is 325 g/mol. The van der Waals surface area contributed by atoms with Crippen molar-refractivity contribution in [3.63, 3.8) is 0 Å². The van der Waals surface area contributed by atoms with Gasteiger partial charge in [0.25, 0.3) is 0 Å². The number of amides is 1. The Morgan fingerprint density at radius 2 is 2.08 bits per heavy atom. The zero-order chi connectivity index (χ0) is 17.4. The Labute approximate surface area is 141 Å². The van der Waals surface area contributed by atoms with Crippen LogP contribution in [0.15, 0.2) is 29.0 Å². The van der Waals surface area contributed by atoms with Gasteiger partial charge in [-0.2, -0.15) is 0 Å². The van der Waals surface area contributed by atoms with Gasteiger partial charge in [0.05, 0.1) is 12.5 Å². The molecule has 0 aliphatic carbocycles. The number of nitrogens with zero attached hydrogens (tertiary/aromatic N) is 2. The van der Waals surface area contributed by atoms with Crippen LogP contribution in [0, 0.1) is 20.8 Å². The van der Waals surface area contributed by atoms with Gasteiger partial charge in [-0.3, -0.25) is 4.79 Å². The van der Waals surface area contributed by atoms with Crippen LogP contribution in [0.2, 0.25) is 0 Å². The number of carbonyl (C=O) groups is 1. The molecule has 2 aromatic heterocycles. The lowest BCUT2D eigenvalue weighted by Crippen LogP contribution is -2.31. The Bertz CT molecular complexity index is 878. The molecule has 0 aliphatic rings. The standard InChI is InChI=1S/C19H23N3O2/c1-11-8-12(2)19-16(9-11)15(13(3)20-19)10-18(23)22(5)14(4)17-6-7-24-21-17/h6-9,14,20H,10H2,1-5H3. The van der Waals surface area contributed by atoms with Gasteiger partial charge in [0.1, 0.15) is 12.0 Å². The fraction of sp³-hybridized carbons (Fsp3) is 0.368. The number of hydrogen-bond donors (Lipinski definition) is 1. The van der Waals surface area contributed by atoms with E-state index in [1.165, 1.54) is 17.4 Å². The summed E-state index contributed by atoms with van der Waals surface area (Å²) in [6.45, 7) is 8.15. The van der Waals surface area contributed by atoms with Crippen LogP contribution in [-0.2, 0) is 11.2 Å². The Kier molecular flexibility index (Phi) is 4.18. The smallest absolute Gasteiger partial charge is 0.227 e. The van der Waals surface area contributed by atoms with Crippen molar-refractivity contribution in [2.45, 2.75) is 40.2 Å². The first-order valence-electron chi connectivity index (χ1n) is 8.12. The third-order valence-corrected chi connectivity index (χ3v) is 4.76. The first-order valence-corrected chi connectivity index (χ1v) is 8.12. The molecule has 2 heterocycles. The summed E-state index contributed by atoms with van der Waals surface area (Å²) in [7, 11) is 1.81. The normalized spacial score (nSPS) is 12.5. The molecule has 0 bridgehead atoms. The summed E-state index contributed by atoms with van der Waals surface area (Å²) in [6.07, 6.45) is 1.90. The van der Waals surface area contributed by atoms with Crippen molar-refractivity contribution in [1.29, 1.82) is 0 Å². The molecule has 0 aliphatic heterocycles. The minimum Gasteiger partial charge on any atom is -0.364 e. The van der Waals surface area contributed by atoms with Gasteiger partial charge >= 0.3 is 0 Å². The van der Waals surface area contributed by atoms with E-state index in [1.54, 1.807) is 11.0 Å². The number of H-pyrrole nitrogens is 1. The van der Waals surface area contributed by atoms with Crippen LogP contribution in [0.25, 0.3) is 10.9 Å². The van der Waals surface area contributed by atoms with Gasteiger partial charge in [-0.25, -0.2) is 0 Å². The maximum atomic E-state index is 12.8. The van der Waals surface area contributed by atoms with Gasteiger partial charge in [-0.05, 0) is 44.9 Å². The third kappa shape index (κ3) is 2.82. The molecule has 5 heteroatoms. The van der Waals surface area contributed by atoms with E-state index in [0.717, 1.165) is 27.9 Å². The number of aryl methyl sites for hydroxylation is 3. The highest BCUT2D eigenvalue weighted by molar-refractivity contribution is 5.92. The van der Waals surface area contributed by atoms with Crippen LogP contribution < -0.4 is 0 Å². The predicted molar refractivity (Wildman–Crippen MR) is 93.9 cm³/mol. The molecule has 5 nitrogen and oxygen atoms in total. The predicted octanol–water partition coefficient (Wildman–Crippen LogP) is 3.84. The molecule has 24 heavy (non-hydrogen) atoms. The van der Waals surface area contributed by atoms with Crippen LogP contribution in [0.3, 0.4) is 0 Å². The van der Waals surface area contributed by atoms with Crippen molar-refractivity contribution in [2.75, 3.05) is 7.05 Å². The van der Waals surface area contributed by atoms with E-state index in [4.69, 9.17) is 4.52 Å². The lowest BCUT2D eigenvalue weighted by Gasteiger charge is -2.23. The average Bonchev–Trinajstić information content (AvgIpc) is 3.16. The Balaban J connectivity index is 1.89. The fourth-order valence-corrected chi connectivity index (χ4v) is 3.19. The van der Waals surface area contributed by atoms with Gasteiger partial charge in [-0.1, -0.05) is 16.8 Å². The molecule has 0 spiro atoms. The second kappa shape index (κ2) is 6.15. The Morgan fingerprint density at radius 3 is 2.75 bits per heavy atom. The monoisotopic (exact) mass is 325 g/mol. The number of likely N-dealkylation sites (N-methyl/N-ethyl adjacent to an activating group) is 1. The highest BCUT2D eigenvalue weighted by Crippen LogP contribution is 2.28. The summed E-state index contributed by atoms with van der Waals surface area (Å²) in [4.78, 5) is 17.9. The molecule has 1 atom stereocenters. The van der Waals surface area contributed by atoms with E-state index in [9.17, 15) is 4.79 Å². The summed E-state index contributed by atoms with van der Waals surface area (Å²) >= 11 is 0. The van der Waals surface area contributed by atoms with Crippen molar-refractivity contribution in [1.82, 2.24) is 15.0 Å². The highest BCUT2D eigenvalue weighted by Gasteiger charge is 2.22. The van der Waals surface area contributed by atoms with Gasteiger partial charge in [0.2, 0.25) is 5.91 Å². The van der Waals surface area contributed by atoms with Gasteiger partial charge in [0, 0.05) is 29.7 Å². The molecule has 0 radical (unpaired) electrons. The van der Waals surface area contributed by atoms with Gasteiger partial charge in [0.15, 0.2) is 0 Å². The molecule has 1 unspecified atom stereocenters. The van der Waals surface area contributed by atoms with Crippen molar-refractivity contribution < 1.29 is 9.32 Å². The summed E-state index contributed by atoms with van der Waals surface area (Å²) in [5.74, 6) is 0.0636. The maximum absolute atomic E-state index is 12.8. The highest BCUT2D eigenvalue weighted by atomic mass is 16.5. The summed E-state index contributed by atoms with van der Waals surface area (Å²) < 4.78 is 4.88. The number of carbonyl (C=O) groups excluding carboxylic acids is 1. The van der Waals surface area contributed by atoms with E-state index in [0.29, 0.717) is 6.42 Å². The topological polar surface area (TPSA) is 62.1 Å². The van der Waals surface area contributed by atoms with Crippen LogP contribution in [0.1, 0.15) is 41.0 Å². The quantitative estimate of drug-likeness (QED) is 0.792. The molecular formula is C19H23N3O2. The molecule has 1 amide bonds. The van der Waals surface area contributed by atoms with Crippen molar-refractivity contribution in [2.24, 2.45) is 0 Å². The van der Waals surface area contributed by atoms with Crippen molar-refractivity contribution in [3.05, 3.63) is 52.5 Å². The summed E-state index contributed by atoms with van der Waals surface area (Å²) in [5, 5.41) is 5.07. The number of aromatic nitrogens is 2. The first kappa shape index (κ1) is 16.3. The lowest BCUT2D eigenvalue weighted by atomic mass is 10.0. The summed E-state index contributed by atoms with van der Waals surface area (Å²) in [5.41, 5.74) is 6.41. The van der Waals surface area contributed by atoms with E-state index >= 15 is 0 Å². The van der Waals surface area contributed by atoms with Crippen LogP contribution in [-0.4, -0.2) is 28.0 Å². The summed E-state index contributed by atoms with van der Waals surface area (Å²) in [6, 6.07) is 5.97. The molecule has 1 N–H and O–H groups in total. The maximum Gasteiger partial charge on any atom is 0.227 e. The first-order chi connectivity index (χ1) is 11.4. The minimum atomic E-state index is -0.120. The second-order valence-electron chi connectivity index (χ2n) is 6.51. The molecule has 126 valence electrons. The molecule has 0 saturated heterocycles. The lowest BCUT2D eigenvalue weighted by molar-refractivity contribution is -0.131. The number of benzene rings is 1. The van der Waals surface area contributed by atoms with Crippen LogP contribution >= 0.6 is 0 Å². The number of hydrogen-bond acceptors (Lipinski definition) is 3.